The monoisotopic (exact) mass is 642 g/mol. The largest absolute Gasteiger partial charge is 0.469 e. The molecule has 2 atom stereocenters. The first-order chi connectivity index (χ1) is 22.5. The van der Waals surface area contributed by atoms with Gasteiger partial charge >= 0.3 is 17.9 Å². The molecule has 2 aliphatic rings. The topological polar surface area (TPSA) is 156 Å². The number of nitrogens with zero attached hydrogens (tertiary/aromatic N) is 2. The molecule has 0 amide bonds. The molecule has 0 aliphatic carbocycles. The molecule has 8 bridgehead atoms. The Labute approximate surface area is 273 Å². The van der Waals surface area contributed by atoms with E-state index in [1.165, 1.54) is 21.3 Å². The molecule has 2 aliphatic heterocycles. The summed E-state index contributed by atoms with van der Waals surface area (Å²) in [5.41, 5.74) is 10.4. The quantitative estimate of drug-likeness (QED) is 0.209. The van der Waals surface area contributed by atoms with Crippen LogP contribution in [0, 0.1) is 13.8 Å². The number of aromatic amines is 2. The van der Waals surface area contributed by atoms with Crippen LogP contribution in [0.1, 0.15) is 96.0 Å². The Morgan fingerprint density at radius 1 is 0.830 bits per heavy atom. The van der Waals surface area contributed by atoms with E-state index >= 15 is 0 Å². The number of aryl methyl sites for hydroxylation is 3. The number of carbonyl (C=O) groups excluding carboxylic acids is 3. The fourth-order valence-corrected chi connectivity index (χ4v) is 6.75. The molecule has 3 aromatic heterocycles. The van der Waals surface area contributed by atoms with Crippen molar-refractivity contribution in [1.82, 2.24) is 19.9 Å². The molecule has 5 heterocycles. The second-order valence-electron chi connectivity index (χ2n) is 12.1. The lowest BCUT2D eigenvalue weighted by molar-refractivity contribution is -0.141. The Morgan fingerprint density at radius 3 is 2.09 bits per heavy atom. The lowest BCUT2D eigenvalue weighted by Crippen LogP contribution is -2.15. The third kappa shape index (κ3) is 6.07. The van der Waals surface area contributed by atoms with Crippen molar-refractivity contribution in [3.05, 3.63) is 68.8 Å². The van der Waals surface area contributed by atoms with Crippen LogP contribution >= 0.6 is 0 Å². The van der Waals surface area contributed by atoms with Gasteiger partial charge < -0.3 is 29.3 Å². The van der Waals surface area contributed by atoms with E-state index in [2.05, 4.69) is 16.9 Å². The summed E-state index contributed by atoms with van der Waals surface area (Å²) >= 11 is 0. The van der Waals surface area contributed by atoms with Gasteiger partial charge in [0, 0.05) is 57.1 Å². The minimum absolute atomic E-state index is 0.128. The van der Waals surface area contributed by atoms with Gasteiger partial charge in [-0.2, -0.15) is 0 Å². The fourth-order valence-electron chi connectivity index (χ4n) is 6.75. The van der Waals surface area contributed by atoms with Crippen molar-refractivity contribution in [3.8, 4) is 0 Å². The van der Waals surface area contributed by atoms with Gasteiger partial charge in [-0.25, -0.2) is 9.78 Å². The maximum absolute atomic E-state index is 13.4. The minimum Gasteiger partial charge on any atom is -0.469 e. The Hall–Kier alpha value is -4.77. The van der Waals surface area contributed by atoms with E-state index in [0.29, 0.717) is 40.3 Å². The maximum Gasteiger partial charge on any atom is 0.340 e. The van der Waals surface area contributed by atoms with Crippen molar-refractivity contribution >= 4 is 51.1 Å². The summed E-state index contributed by atoms with van der Waals surface area (Å²) in [7, 11) is 3.96. The van der Waals surface area contributed by atoms with Gasteiger partial charge in [0.05, 0.1) is 57.0 Å². The first-order valence-corrected chi connectivity index (χ1v) is 15.8. The Balaban J connectivity index is 2.02. The lowest BCUT2D eigenvalue weighted by Gasteiger charge is -2.18. The molecule has 3 aromatic rings. The number of nitrogens with one attached hydrogen (secondary N) is 2. The molecule has 0 aromatic carbocycles. The van der Waals surface area contributed by atoms with Crippen molar-refractivity contribution < 1.29 is 33.7 Å². The highest BCUT2D eigenvalue weighted by Gasteiger charge is 2.36. The van der Waals surface area contributed by atoms with Gasteiger partial charge in [-0.1, -0.05) is 13.8 Å². The smallest absolute Gasteiger partial charge is 0.340 e. The van der Waals surface area contributed by atoms with E-state index in [4.69, 9.17) is 24.2 Å². The van der Waals surface area contributed by atoms with E-state index in [1.54, 1.807) is 0 Å². The molecule has 47 heavy (non-hydrogen) atoms. The lowest BCUT2D eigenvalue weighted by atomic mass is 9.84. The Kier molecular flexibility index (Phi) is 9.67. The standard InChI is InChI=1S/C36H42N4O7/c1-9-21-17(2)26-14-30-24(16-41)19(4)25(38-30)13-27-18(3)22(10-11-31(42)45-6)34(39-27)23(12-32(43)46-7)35-33(36(44)47-8)20(5)28(40-35)15-29(21)37-26/h13-15,18,22,37-38,41H,9-12,16H2,1-8H3. The molecule has 248 valence electrons. The Morgan fingerprint density at radius 2 is 1.47 bits per heavy atom. The van der Waals surface area contributed by atoms with Crippen LogP contribution in [0.2, 0.25) is 0 Å². The number of fused-ring (bicyclic) bond motifs is 8. The number of aliphatic hydroxyl groups is 1. The molecule has 0 spiro atoms. The zero-order valence-electron chi connectivity index (χ0n) is 28.2. The Bertz CT molecular complexity index is 1970. The third-order valence-electron chi connectivity index (χ3n) is 9.60. The van der Waals surface area contributed by atoms with Crippen LogP contribution in [0.15, 0.2) is 18.2 Å². The summed E-state index contributed by atoms with van der Waals surface area (Å²) < 4.78 is 15.3. The molecule has 0 saturated carbocycles. The molecule has 0 radical (unpaired) electrons. The highest BCUT2D eigenvalue weighted by atomic mass is 16.5. The molecule has 0 fully saturated rings. The van der Waals surface area contributed by atoms with Gasteiger partial charge in [0.1, 0.15) is 0 Å². The number of carbonyl (C=O) groups is 3. The van der Waals surface area contributed by atoms with Crippen LogP contribution in [-0.4, -0.2) is 64.3 Å². The van der Waals surface area contributed by atoms with Crippen LogP contribution in [0.25, 0.3) is 33.2 Å². The van der Waals surface area contributed by atoms with Crippen molar-refractivity contribution in [2.24, 2.45) is 0 Å². The molecule has 5 rings (SSSR count). The van der Waals surface area contributed by atoms with Gasteiger partial charge in [0.25, 0.3) is 0 Å². The number of allylic oxidation sites excluding steroid dienone is 1. The number of rotatable bonds is 8. The summed E-state index contributed by atoms with van der Waals surface area (Å²) in [5.74, 6) is -1.98. The zero-order valence-corrected chi connectivity index (χ0v) is 28.2. The van der Waals surface area contributed by atoms with E-state index in [1.807, 2.05) is 45.9 Å². The zero-order chi connectivity index (χ0) is 34.2. The summed E-state index contributed by atoms with van der Waals surface area (Å²) in [6, 6.07) is 5.86. The fraction of sp³-hybridized carbons (Fsp3) is 0.417. The number of methoxy groups -OCH3 is 3. The van der Waals surface area contributed by atoms with Crippen LogP contribution < -0.4 is 0 Å². The molecule has 2 unspecified atom stereocenters. The average molecular weight is 643 g/mol. The molecule has 11 heteroatoms. The predicted octanol–water partition coefficient (Wildman–Crippen LogP) is 5.65. The van der Waals surface area contributed by atoms with Crippen LogP contribution in [-0.2, 0) is 48.0 Å². The van der Waals surface area contributed by atoms with Gasteiger partial charge in [0.15, 0.2) is 0 Å². The van der Waals surface area contributed by atoms with Crippen LogP contribution in [0.5, 0.6) is 0 Å². The van der Waals surface area contributed by atoms with Gasteiger partial charge in [-0.05, 0) is 74.1 Å². The first-order valence-electron chi connectivity index (χ1n) is 15.8. The van der Waals surface area contributed by atoms with Gasteiger partial charge in [-0.15, -0.1) is 0 Å². The number of hydrogen-bond donors (Lipinski definition) is 3. The molecular weight excluding hydrogens is 600 g/mol. The van der Waals surface area contributed by atoms with E-state index < -0.39 is 11.9 Å². The van der Waals surface area contributed by atoms with Crippen molar-refractivity contribution in [3.63, 3.8) is 0 Å². The third-order valence-corrected chi connectivity index (χ3v) is 9.60. The minimum atomic E-state index is -0.586. The SMILES string of the molecule is CCc1c(C)c2cc3[nH]c(cc4nc(c(CC(=O)OC)c5nc(cc1[nH]2)C(C)=C5C(=O)OC)C(CCC(=O)OC)C4C)c(C)c3CO. The summed E-state index contributed by atoms with van der Waals surface area (Å²) in [6.45, 7) is 9.75. The van der Waals surface area contributed by atoms with E-state index in [0.717, 1.165) is 50.7 Å². The first kappa shape index (κ1) is 33.6. The molecule has 0 saturated heterocycles. The summed E-state index contributed by atoms with van der Waals surface area (Å²) in [5, 5.41) is 10.4. The van der Waals surface area contributed by atoms with Gasteiger partial charge in [-0.3, -0.25) is 14.6 Å². The maximum atomic E-state index is 13.4. The second kappa shape index (κ2) is 13.5. The highest BCUT2D eigenvalue weighted by molar-refractivity contribution is 6.25. The summed E-state index contributed by atoms with van der Waals surface area (Å²) in [6.07, 6.45) is 1.05. The van der Waals surface area contributed by atoms with Crippen molar-refractivity contribution in [2.75, 3.05) is 21.3 Å². The summed E-state index contributed by atoms with van der Waals surface area (Å²) in [4.78, 5) is 55.9. The van der Waals surface area contributed by atoms with Gasteiger partial charge in [0.2, 0.25) is 0 Å². The number of aliphatic hydroxyl groups excluding tert-OH is 1. The predicted molar refractivity (Wildman–Crippen MR) is 178 cm³/mol. The molecule has 11 nitrogen and oxygen atoms in total. The highest BCUT2D eigenvalue weighted by Crippen LogP contribution is 2.44. The second-order valence-corrected chi connectivity index (χ2v) is 12.1. The normalized spacial score (nSPS) is 15.9. The number of esters is 3. The van der Waals surface area contributed by atoms with Crippen LogP contribution in [0.4, 0.5) is 0 Å². The van der Waals surface area contributed by atoms with Crippen LogP contribution in [0.3, 0.4) is 0 Å². The number of hydrogen-bond acceptors (Lipinski definition) is 9. The van der Waals surface area contributed by atoms with Crippen molar-refractivity contribution in [1.29, 1.82) is 0 Å². The number of ether oxygens (including phenoxy) is 3. The molecular formula is C36H42N4O7. The average Bonchev–Trinajstić information content (AvgIpc) is 3.74. The van der Waals surface area contributed by atoms with Crippen molar-refractivity contribution in [2.45, 2.75) is 78.7 Å². The molecule has 3 N–H and O–H groups in total. The number of H-pyrrole nitrogens is 2. The number of aromatic nitrogens is 4. The van der Waals surface area contributed by atoms with E-state index in [-0.39, 0.29) is 42.8 Å². The van der Waals surface area contributed by atoms with E-state index in [9.17, 15) is 19.5 Å².